The van der Waals surface area contributed by atoms with Gasteiger partial charge in [0.1, 0.15) is 29.9 Å². The summed E-state index contributed by atoms with van der Waals surface area (Å²) in [5, 5.41) is 24.7. The monoisotopic (exact) mass is 788 g/mol. The molecule has 0 saturated carbocycles. The van der Waals surface area contributed by atoms with Crippen molar-refractivity contribution in [2.45, 2.75) is 69.6 Å². The van der Waals surface area contributed by atoms with Crippen LogP contribution in [0.2, 0.25) is 0 Å². The molecule has 0 heterocycles. The van der Waals surface area contributed by atoms with Crippen LogP contribution in [0.15, 0.2) is 76.7 Å². The van der Waals surface area contributed by atoms with Crippen molar-refractivity contribution in [1.29, 1.82) is 0 Å². The zero-order valence-corrected chi connectivity index (χ0v) is 31.7. The van der Waals surface area contributed by atoms with Gasteiger partial charge in [-0.25, -0.2) is 0 Å². The Hall–Kier alpha value is -6.92. The van der Waals surface area contributed by atoms with E-state index in [-0.39, 0.29) is 69.3 Å². The third kappa shape index (κ3) is 16.1. The van der Waals surface area contributed by atoms with E-state index in [4.69, 9.17) is 28.7 Å². The Balaban J connectivity index is 1.90. The molecule has 0 fully saturated rings. The van der Waals surface area contributed by atoms with Gasteiger partial charge < -0.3 is 60.4 Å². The minimum atomic E-state index is -1.27. The second-order valence-electron chi connectivity index (χ2n) is 13.3. The van der Waals surface area contributed by atoms with Crippen LogP contribution in [0.5, 0.6) is 5.75 Å². The third-order valence-electron chi connectivity index (χ3n) is 8.55. The highest BCUT2D eigenvalue weighted by Crippen LogP contribution is 2.17. The van der Waals surface area contributed by atoms with Gasteiger partial charge in [-0.1, -0.05) is 54.6 Å². The number of benzene rings is 3. The number of phenolic OH excluding ortho intramolecular Hbond substituents is 1. The first-order valence-electron chi connectivity index (χ1n) is 18.2. The second-order valence-corrected chi connectivity index (χ2v) is 13.3. The maximum Gasteiger partial charge on any atom is 0.243 e. The smallest absolute Gasteiger partial charge is 0.243 e. The molecule has 306 valence electrons. The number of carbonyl (C=O) groups is 6. The molecule has 19 heteroatoms. The number of nitrogens with two attached hydrogens (primary N) is 5. The summed E-state index contributed by atoms with van der Waals surface area (Å²) in [6.07, 6.45) is 0.518. The molecule has 0 radical (unpaired) electrons. The van der Waals surface area contributed by atoms with E-state index in [0.29, 0.717) is 11.1 Å². The molecule has 3 rings (SSSR count). The lowest BCUT2D eigenvalue weighted by Gasteiger charge is -2.26. The first-order chi connectivity index (χ1) is 27.1. The summed E-state index contributed by atoms with van der Waals surface area (Å²) in [7, 11) is 0. The number of aromatic hydroxyl groups is 1. The SMILES string of the molecule is CC(=O)N[C@H](Cc1ccc(O)cc1)C(=O)N[C@@H](CCCN=C(N)N)C(=O)N[C@@H](CCCN=C(N)N)C(=O)N[C@@H](Cc1ccc2ccccc2c1)C(=O)NCC(N)=O. The molecule has 0 saturated heterocycles. The summed E-state index contributed by atoms with van der Waals surface area (Å²) in [6.45, 7) is 0.985. The van der Waals surface area contributed by atoms with Crippen LogP contribution >= 0.6 is 0 Å². The van der Waals surface area contributed by atoms with Gasteiger partial charge in [-0.3, -0.25) is 38.8 Å². The minimum absolute atomic E-state index is 0.00396. The van der Waals surface area contributed by atoms with Crippen LogP contribution < -0.4 is 55.3 Å². The van der Waals surface area contributed by atoms with Gasteiger partial charge in [0, 0.05) is 32.9 Å². The van der Waals surface area contributed by atoms with Crippen LogP contribution in [-0.4, -0.2) is 96.3 Å². The standard InChI is InChI=1S/C38H52N12O7/c1-22(51)47-31(19-23-11-14-27(52)15-12-23)36(57)49-28(8-4-16-44-37(40)41)34(55)48-29(9-5-17-45-38(42)43)35(56)50-30(33(54)46-21-32(39)53)20-24-10-13-25-6-2-3-7-26(25)18-24/h2-3,6-7,10-15,18,28-31,52H,4-5,8-9,16-17,19-21H2,1H3,(H2,39,53)(H,46,54)(H,47,51)(H,48,55)(H,49,57)(H,50,56)(H4,40,41,44)(H4,42,43,45)/t28-,29-,30-,31+/m0/s1. The van der Waals surface area contributed by atoms with Crippen LogP contribution in [-0.2, 0) is 41.6 Å². The van der Waals surface area contributed by atoms with Gasteiger partial charge in [-0.05, 0) is 59.7 Å². The Bertz CT molecular complexity index is 1930. The molecule has 16 N–H and O–H groups in total. The van der Waals surface area contributed by atoms with E-state index < -0.39 is 66.2 Å². The number of nitrogens with one attached hydrogen (secondary N) is 5. The molecule has 57 heavy (non-hydrogen) atoms. The zero-order chi connectivity index (χ0) is 41.9. The number of hydrogen-bond donors (Lipinski definition) is 11. The number of hydrogen-bond acceptors (Lipinski definition) is 9. The molecule has 4 atom stereocenters. The van der Waals surface area contributed by atoms with E-state index in [9.17, 15) is 33.9 Å². The summed E-state index contributed by atoms with van der Waals surface area (Å²) in [5.74, 6) is -4.52. The maximum atomic E-state index is 14.0. The van der Waals surface area contributed by atoms with Crippen LogP contribution in [0, 0.1) is 0 Å². The van der Waals surface area contributed by atoms with Gasteiger partial charge in [0.2, 0.25) is 35.4 Å². The number of rotatable bonds is 22. The molecule has 0 unspecified atom stereocenters. The van der Waals surface area contributed by atoms with Gasteiger partial charge in [0.25, 0.3) is 0 Å². The molecule has 0 aliphatic carbocycles. The van der Waals surface area contributed by atoms with Gasteiger partial charge in [-0.2, -0.15) is 0 Å². The lowest BCUT2D eigenvalue weighted by Crippen LogP contribution is -2.58. The van der Waals surface area contributed by atoms with E-state index in [1.807, 2.05) is 42.5 Å². The van der Waals surface area contributed by atoms with Crippen molar-refractivity contribution < 1.29 is 33.9 Å². The van der Waals surface area contributed by atoms with Crippen molar-refractivity contribution in [3.63, 3.8) is 0 Å². The second kappa shape index (κ2) is 22.5. The number of primary amides is 1. The third-order valence-corrected chi connectivity index (χ3v) is 8.55. The quantitative estimate of drug-likeness (QED) is 0.0300. The van der Waals surface area contributed by atoms with Crippen molar-refractivity contribution >= 4 is 58.1 Å². The zero-order valence-electron chi connectivity index (χ0n) is 31.7. The molecule has 0 spiro atoms. The van der Waals surface area contributed by atoms with Crippen molar-refractivity contribution in [3.05, 3.63) is 77.9 Å². The van der Waals surface area contributed by atoms with Crippen LogP contribution in [0.25, 0.3) is 10.8 Å². The Morgan fingerprint density at radius 1 is 0.596 bits per heavy atom. The first-order valence-corrected chi connectivity index (χ1v) is 18.2. The molecular formula is C38H52N12O7. The van der Waals surface area contributed by atoms with Crippen molar-refractivity contribution in [3.8, 4) is 5.75 Å². The van der Waals surface area contributed by atoms with E-state index in [2.05, 4.69) is 36.6 Å². The number of carbonyl (C=O) groups excluding carboxylic acids is 6. The maximum absolute atomic E-state index is 14.0. The van der Waals surface area contributed by atoms with E-state index in [1.165, 1.54) is 19.1 Å². The highest BCUT2D eigenvalue weighted by Gasteiger charge is 2.31. The number of amides is 6. The number of nitrogens with zero attached hydrogens (tertiary/aromatic N) is 2. The highest BCUT2D eigenvalue weighted by molar-refractivity contribution is 5.96. The summed E-state index contributed by atoms with van der Waals surface area (Å²) in [4.78, 5) is 86.6. The van der Waals surface area contributed by atoms with Crippen LogP contribution in [0.1, 0.15) is 43.7 Å². The van der Waals surface area contributed by atoms with Gasteiger partial charge in [0.05, 0.1) is 6.54 Å². The number of aliphatic imine (C=N–C) groups is 2. The van der Waals surface area contributed by atoms with Crippen molar-refractivity contribution in [1.82, 2.24) is 26.6 Å². The average Bonchev–Trinajstić information content (AvgIpc) is 3.15. The van der Waals surface area contributed by atoms with Crippen molar-refractivity contribution in [2.75, 3.05) is 19.6 Å². The fourth-order valence-electron chi connectivity index (χ4n) is 5.79. The van der Waals surface area contributed by atoms with E-state index >= 15 is 0 Å². The molecule has 3 aromatic rings. The normalized spacial score (nSPS) is 12.8. The molecular weight excluding hydrogens is 736 g/mol. The van der Waals surface area contributed by atoms with Crippen LogP contribution in [0.4, 0.5) is 0 Å². The lowest BCUT2D eigenvalue weighted by molar-refractivity contribution is -0.134. The summed E-state index contributed by atoms with van der Waals surface area (Å²) in [6, 6.07) is 14.4. The fraction of sp³-hybridized carbons (Fsp3) is 0.368. The minimum Gasteiger partial charge on any atom is -0.508 e. The number of guanidine groups is 2. The Morgan fingerprint density at radius 3 is 1.60 bits per heavy atom. The molecule has 3 aromatic carbocycles. The van der Waals surface area contributed by atoms with Gasteiger partial charge >= 0.3 is 0 Å². The summed E-state index contributed by atoms with van der Waals surface area (Å²) >= 11 is 0. The van der Waals surface area contributed by atoms with Gasteiger partial charge in [-0.15, -0.1) is 0 Å². The lowest BCUT2D eigenvalue weighted by atomic mass is 10.0. The molecule has 0 aliphatic heterocycles. The molecule has 0 bridgehead atoms. The van der Waals surface area contributed by atoms with E-state index in [0.717, 1.165) is 10.8 Å². The largest absolute Gasteiger partial charge is 0.508 e. The van der Waals surface area contributed by atoms with Crippen LogP contribution in [0.3, 0.4) is 0 Å². The fourth-order valence-corrected chi connectivity index (χ4v) is 5.79. The highest BCUT2D eigenvalue weighted by atomic mass is 16.3. The molecule has 0 aliphatic rings. The molecule has 19 nitrogen and oxygen atoms in total. The predicted molar refractivity (Wildman–Crippen MR) is 215 cm³/mol. The van der Waals surface area contributed by atoms with Gasteiger partial charge in [0.15, 0.2) is 11.9 Å². The van der Waals surface area contributed by atoms with E-state index in [1.54, 1.807) is 12.1 Å². The Kier molecular flexibility index (Phi) is 17.5. The number of fused-ring (bicyclic) bond motifs is 1. The molecule has 0 aromatic heterocycles. The molecule has 6 amide bonds. The summed E-state index contributed by atoms with van der Waals surface area (Å²) < 4.78 is 0. The summed E-state index contributed by atoms with van der Waals surface area (Å²) in [5.41, 5.74) is 28.5. The number of phenols is 1. The Labute approximate surface area is 329 Å². The first kappa shape index (κ1) is 44.5. The van der Waals surface area contributed by atoms with Crippen molar-refractivity contribution in [2.24, 2.45) is 38.7 Å². The topological polar surface area (TPSA) is 338 Å². The Morgan fingerprint density at radius 2 is 1.07 bits per heavy atom. The predicted octanol–water partition coefficient (Wildman–Crippen LogP) is -2.00. The average molecular weight is 789 g/mol.